The Morgan fingerprint density at radius 2 is 2.05 bits per heavy atom. The third-order valence-corrected chi connectivity index (χ3v) is 5.64. The highest BCUT2D eigenvalue weighted by atomic mass is 35.5. The van der Waals surface area contributed by atoms with Crippen LogP contribution in [0.25, 0.3) is 0 Å². The van der Waals surface area contributed by atoms with E-state index in [0.29, 0.717) is 16.5 Å². The summed E-state index contributed by atoms with van der Waals surface area (Å²) < 4.78 is 23.0. The minimum Gasteiger partial charge on any atom is -0.316 e. The van der Waals surface area contributed by atoms with E-state index in [1.165, 1.54) is 6.26 Å². The smallest absolute Gasteiger partial charge is 0.147 e. The number of hydrogen-bond acceptors (Lipinski definition) is 3. The number of halogens is 2. The van der Waals surface area contributed by atoms with Gasteiger partial charge >= 0.3 is 0 Å². The van der Waals surface area contributed by atoms with Crippen LogP contribution in [0.1, 0.15) is 24.8 Å². The molecule has 0 spiro atoms. The molecule has 0 saturated carbocycles. The lowest BCUT2D eigenvalue weighted by atomic mass is 9.73. The Bertz CT molecular complexity index is 581. The summed E-state index contributed by atoms with van der Waals surface area (Å²) in [4.78, 5) is 0. The molecule has 2 rings (SSSR count). The highest BCUT2D eigenvalue weighted by molar-refractivity contribution is 7.90. The van der Waals surface area contributed by atoms with Crippen molar-refractivity contribution in [3.63, 3.8) is 0 Å². The number of benzene rings is 1. The summed E-state index contributed by atoms with van der Waals surface area (Å²) in [5.41, 5.74) is 0.901. The van der Waals surface area contributed by atoms with Crippen LogP contribution in [0.5, 0.6) is 0 Å². The average Bonchev–Trinajstić information content (AvgIpc) is 2.40. The summed E-state index contributed by atoms with van der Waals surface area (Å²) in [5.74, 6) is 0.189. The molecule has 1 aromatic rings. The molecule has 1 aliphatic heterocycles. The first kappa shape index (κ1) is 16.1. The van der Waals surface area contributed by atoms with Crippen LogP contribution in [0.4, 0.5) is 0 Å². The topological polar surface area (TPSA) is 46.2 Å². The minimum absolute atomic E-state index is 0.171. The number of nitrogens with one attached hydrogen (secondary N) is 1. The van der Waals surface area contributed by atoms with Crippen molar-refractivity contribution in [3.8, 4) is 0 Å². The van der Waals surface area contributed by atoms with Crippen LogP contribution >= 0.6 is 23.2 Å². The fourth-order valence-corrected chi connectivity index (χ4v) is 3.84. The van der Waals surface area contributed by atoms with E-state index in [9.17, 15) is 8.42 Å². The van der Waals surface area contributed by atoms with Crippen LogP contribution in [0.3, 0.4) is 0 Å². The van der Waals surface area contributed by atoms with Crippen LogP contribution < -0.4 is 5.32 Å². The van der Waals surface area contributed by atoms with E-state index in [4.69, 9.17) is 23.2 Å². The van der Waals surface area contributed by atoms with Crippen LogP contribution in [-0.2, 0) is 15.3 Å². The van der Waals surface area contributed by atoms with Gasteiger partial charge in [0.2, 0.25) is 0 Å². The third kappa shape index (κ3) is 3.88. The van der Waals surface area contributed by atoms with Crippen LogP contribution in [-0.4, -0.2) is 33.5 Å². The zero-order valence-electron chi connectivity index (χ0n) is 11.5. The molecule has 1 fully saturated rings. The van der Waals surface area contributed by atoms with Crippen molar-refractivity contribution in [1.82, 2.24) is 5.32 Å². The first-order valence-electron chi connectivity index (χ1n) is 6.66. The molecular formula is C14H19Cl2NO2S. The maximum atomic E-state index is 11.5. The maximum Gasteiger partial charge on any atom is 0.147 e. The van der Waals surface area contributed by atoms with Crippen molar-refractivity contribution in [3.05, 3.63) is 33.8 Å². The minimum atomic E-state index is -2.97. The van der Waals surface area contributed by atoms with Gasteiger partial charge in [-0.3, -0.25) is 0 Å². The van der Waals surface area contributed by atoms with Gasteiger partial charge in [-0.2, -0.15) is 0 Å². The van der Waals surface area contributed by atoms with E-state index in [-0.39, 0.29) is 11.2 Å². The van der Waals surface area contributed by atoms with Gasteiger partial charge < -0.3 is 5.32 Å². The SMILES string of the molecule is CS(=O)(=O)CCC1(c2ccc(Cl)c(Cl)c2)CCCNC1. The average molecular weight is 336 g/mol. The monoisotopic (exact) mass is 335 g/mol. The number of rotatable bonds is 4. The van der Waals surface area contributed by atoms with Crippen LogP contribution in [0.15, 0.2) is 18.2 Å². The van der Waals surface area contributed by atoms with Crippen molar-refractivity contribution in [2.24, 2.45) is 0 Å². The maximum absolute atomic E-state index is 11.5. The van der Waals surface area contributed by atoms with Gasteiger partial charge in [0.1, 0.15) is 9.84 Å². The van der Waals surface area contributed by atoms with Gasteiger partial charge in [0.05, 0.1) is 15.8 Å². The fraction of sp³-hybridized carbons (Fsp3) is 0.571. The Balaban J connectivity index is 2.32. The van der Waals surface area contributed by atoms with Gasteiger partial charge in [-0.25, -0.2) is 8.42 Å². The van der Waals surface area contributed by atoms with E-state index in [0.717, 1.165) is 31.5 Å². The van der Waals surface area contributed by atoms with Gasteiger partial charge in [-0.1, -0.05) is 29.3 Å². The second-order valence-electron chi connectivity index (χ2n) is 5.57. The highest BCUT2D eigenvalue weighted by Gasteiger charge is 2.34. The second kappa shape index (κ2) is 6.22. The summed E-state index contributed by atoms with van der Waals surface area (Å²) >= 11 is 12.1. The molecule has 1 saturated heterocycles. The van der Waals surface area contributed by atoms with Gasteiger partial charge in [0, 0.05) is 18.2 Å². The summed E-state index contributed by atoms with van der Waals surface area (Å²) in [5, 5.41) is 4.42. The van der Waals surface area contributed by atoms with Crippen molar-refractivity contribution >= 4 is 33.0 Å². The predicted molar refractivity (Wildman–Crippen MR) is 84.6 cm³/mol. The molecule has 1 aliphatic rings. The molecule has 1 atom stereocenters. The van der Waals surface area contributed by atoms with E-state index in [1.54, 1.807) is 6.07 Å². The Kier molecular flexibility index (Phi) is 5.00. The molecule has 0 aromatic heterocycles. The lowest BCUT2D eigenvalue weighted by molar-refractivity contribution is 0.303. The Morgan fingerprint density at radius 3 is 2.60 bits per heavy atom. The van der Waals surface area contributed by atoms with E-state index >= 15 is 0 Å². The van der Waals surface area contributed by atoms with Gasteiger partial charge in [0.25, 0.3) is 0 Å². The molecule has 1 unspecified atom stereocenters. The molecule has 1 heterocycles. The first-order chi connectivity index (χ1) is 9.32. The van der Waals surface area contributed by atoms with E-state index < -0.39 is 9.84 Å². The molecule has 112 valence electrons. The Hall–Kier alpha value is -0.290. The number of piperidine rings is 1. The Morgan fingerprint density at radius 1 is 1.30 bits per heavy atom. The fourth-order valence-electron chi connectivity index (χ4n) is 2.78. The zero-order valence-corrected chi connectivity index (χ0v) is 13.8. The van der Waals surface area contributed by atoms with Crippen molar-refractivity contribution in [1.29, 1.82) is 0 Å². The molecule has 1 N–H and O–H groups in total. The highest BCUT2D eigenvalue weighted by Crippen LogP contribution is 2.37. The van der Waals surface area contributed by atoms with Crippen LogP contribution in [0.2, 0.25) is 10.0 Å². The largest absolute Gasteiger partial charge is 0.316 e. The molecule has 0 amide bonds. The Labute approximate surface area is 130 Å². The van der Waals surface area contributed by atoms with E-state index in [2.05, 4.69) is 5.32 Å². The number of hydrogen-bond donors (Lipinski definition) is 1. The molecule has 1 aromatic carbocycles. The molecular weight excluding hydrogens is 317 g/mol. The van der Waals surface area contributed by atoms with E-state index in [1.807, 2.05) is 12.1 Å². The zero-order chi connectivity index (χ0) is 14.8. The second-order valence-corrected chi connectivity index (χ2v) is 8.64. The summed E-state index contributed by atoms with van der Waals surface area (Å²) in [6, 6.07) is 5.62. The summed E-state index contributed by atoms with van der Waals surface area (Å²) in [6.45, 7) is 1.75. The molecule has 0 radical (unpaired) electrons. The normalized spacial score (nSPS) is 23.8. The van der Waals surface area contributed by atoms with Gasteiger partial charge in [-0.15, -0.1) is 0 Å². The molecule has 0 bridgehead atoms. The lowest BCUT2D eigenvalue weighted by Gasteiger charge is -2.38. The molecule has 0 aliphatic carbocycles. The summed E-state index contributed by atoms with van der Waals surface area (Å²) in [6.07, 6.45) is 3.89. The van der Waals surface area contributed by atoms with Crippen LogP contribution in [0, 0.1) is 0 Å². The quantitative estimate of drug-likeness (QED) is 0.919. The molecule has 20 heavy (non-hydrogen) atoms. The predicted octanol–water partition coefficient (Wildman–Crippen LogP) is 3.05. The van der Waals surface area contributed by atoms with Crippen molar-refractivity contribution in [2.45, 2.75) is 24.7 Å². The number of sulfone groups is 1. The van der Waals surface area contributed by atoms with Gasteiger partial charge in [-0.05, 0) is 43.5 Å². The van der Waals surface area contributed by atoms with Crippen molar-refractivity contribution < 1.29 is 8.42 Å². The molecule has 3 nitrogen and oxygen atoms in total. The lowest BCUT2D eigenvalue weighted by Crippen LogP contribution is -2.44. The van der Waals surface area contributed by atoms with Gasteiger partial charge in [0.15, 0.2) is 0 Å². The standard InChI is InChI=1S/C14H19Cl2NO2S/c1-20(18,19)8-6-14(5-2-7-17-10-14)11-3-4-12(15)13(16)9-11/h3-4,9,17H,2,5-8,10H2,1H3. The van der Waals surface area contributed by atoms with Crippen molar-refractivity contribution in [2.75, 3.05) is 25.1 Å². The third-order valence-electron chi connectivity index (χ3n) is 3.96. The molecule has 6 heteroatoms. The first-order valence-corrected chi connectivity index (χ1v) is 9.48. The summed E-state index contributed by atoms with van der Waals surface area (Å²) in [7, 11) is -2.97.